The van der Waals surface area contributed by atoms with Gasteiger partial charge in [0.15, 0.2) is 5.82 Å². The Morgan fingerprint density at radius 3 is 1.98 bits per heavy atom. The molecule has 0 spiro atoms. The highest BCUT2D eigenvalue weighted by Crippen LogP contribution is 2.45. The number of nitrogens with zero attached hydrogens (tertiary/aromatic N) is 3. The first-order chi connectivity index (χ1) is 28.3. The van der Waals surface area contributed by atoms with E-state index in [9.17, 15) is 0 Å². The van der Waals surface area contributed by atoms with Gasteiger partial charge in [-0.05, 0) is 65.2 Å². The van der Waals surface area contributed by atoms with Gasteiger partial charge < -0.3 is 8.98 Å². The summed E-state index contributed by atoms with van der Waals surface area (Å²) in [6.45, 7) is 0. The summed E-state index contributed by atoms with van der Waals surface area (Å²) < 4.78 is 11.5. The van der Waals surface area contributed by atoms with Gasteiger partial charge in [-0.25, -0.2) is 9.97 Å². The first kappa shape index (κ1) is 32.0. The summed E-state index contributed by atoms with van der Waals surface area (Å²) in [5, 5.41) is 5.60. The van der Waals surface area contributed by atoms with Crippen molar-refractivity contribution in [2.75, 3.05) is 0 Å². The molecule has 0 fully saturated rings. The number of furan rings is 1. The van der Waals surface area contributed by atoms with Gasteiger partial charge in [-0.3, -0.25) is 0 Å². The molecule has 8 aromatic carbocycles. The lowest BCUT2D eigenvalue weighted by molar-refractivity contribution is 0.670. The second-order valence-corrected chi connectivity index (χ2v) is 15.6. The maximum Gasteiger partial charge on any atom is 0.161 e. The van der Waals surface area contributed by atoms with Crippen LogP contribution in [-0.2, 0) is 0 Å². The fourth-order valence-electron chi connectivity index (χ4n) is 8.62. The molecule has 5 heteroatoms. The summed E-state index contributed by atoms with van der Waals surface area (Å²) in [6.07, 6.45) is 0. The first-order valence-corrected chi connectivity index (χ1v) is 20.0. The Balaban J connectivity index is 1.15. The van der Waals surface area contributed by atoms with Crippen molar-refractivity contribution in [2.24, 2.45) is 0 Å². The molecule has 0 amide bonds. The van der Waals surface area contributed by atoms with E-state index < -0.39 is 0 Å². The quantitative estimate of drug-likeness (QED) is 0.176. The van der Waals surface area contributed by atoms with Gasteiger partial charge in [0.2, 0.25) is 0 Å². The molecular weight excluding hydrogens is 715 g/mol. The summed E-state index contributed by atoms with van der Waals surface area (Å²) >= 11 is 1.75. The van der Waals surface area contributed by atoms with Gasteiger partial charge in [0.05, 0.1) is 26.9 Å². The Morgan fingerprint density at radius 2 is 1.16 bits per heavy atom. The van der Waals surface area contributed by atoms with Gasteiger partial charge in [0, 0.05) is 54.0 Å². The van der Waals surface area contributed by atoms with E-state index in [-0.39, 0.29) is 0 Å². The lowest BCUT2D eigenvalue weighted by Gasteiger charge is -2.11. The van der Waals surface area contributed by atoms with E-state index in [1.54, 1.807) is 11.3 Å². The molecule has 0 aliphatic rings. The third-order valence-electron chi connectivity index (χ3n) is 11.2. The largest absolute Gasteiger partial charge is 0.455 e. The van der Waals surface area contributed by atoms with Gasteiger partial charge in [-0.2, -0.15) is 0 Å². The average Bonchev–Trinajstić information content (AvgIpc) is 3.96. The fraction of sp³-hybridized carbons (Fsp3) is 0. The van der Waals surface area contributed by atoms with Gasteiger partial charge in [-0.15, -0.1) is 11.3 Å². The van der Waals surface area contributed by atoms with Crippen molar-refractivity contribution >= 4 is 75.4 Å². The van der Waals surface area contributed by atoms with E-state index >= 15 is 0 Å². The monoisotopic (exact) mass is 745 g/mol. The number of aromatic nitrogens is 3. The molecule has 0 aliphatic carbocycles. The molecule has 4 aromatic heterocycles. The van der Waals surface area contributed by atoms with Crippen molar-refractivity contribution in [1.82, 2.24) is 14.5 Å². The van der Waals surface area contributed by atoms with Crippen LogP contribution in [0.1, 0.15) is 0 Å². The fourth-order valence-corrected chi connectivity index (χ4v) is 9.78. The zero-order valence-corrected chi connectivity index (χ0v) is 31.4. The Bertz CT molecular complexity index is 3510. The molecule has 0 saturated carbocycles. The second kappa shape index (κ2) is 12.6. The van der Waals surface area contributed by atoms with Crippen molar-refractivity contribution in [3.63, 3.8) is 0 Å². The van der Waals surface area contributed by atoms with Crippen LogP contribution in [-0.4, -0.2) is 14.5 Å². The van der Waals surface area contributed by atoms with E-state index in [0.717, 1.165) is 87.8 Å². The molecule has 266 valence electrons. The molecule has 0 atom stereocenters. The second-order valence-electron chi connectivity index (χ2n) is 14.5. The Hall–Kier alpha value is -7.34. The van der Waals surface area contributed by atoms with E-state index in [1.165, 1.54) is 21.0 Å². The molecule has 0 saturated heterocycles. The number of benzene rings is 8. The van der Waals surface area contributed by atoms with Gasteiger partial charge >= 0.3 is 0 Å². The number of thiophene rings is 1. The third-order valence-corrected chi connectivity index (χ3v) is 12.4. The minimum absolute atomic E-state index is 0.671. The molecule has 0 aliphatic heterocycles. The highest BCUT2D eigenvalue weighted by Gasteiger charge is 2.23. The molecule has 0 radical (unpaired) electrons. The van der Waals surface area contributed by atoms with Crippen molar-refractivity contribution in [3.8, 4) is 50.6 Å². The van der Waals surface area contributed by atoms with Crippen LogP contribution >= 0.6 is 11.3 Å². The lowest BCUT2D eigenvalue weighted by atomic mass is 9.95. The van der Waals surface area contributed by atoms with E-state index in [1.807, 2.05) is 0 Å². The summed E-state index contributed by atoms with van der Waals surface area (Å²) in [6, 6.07) is 66.5. The number of hydrogen-bond acceptors (Lipinski definition) is 4. The molecule has 0 N–H and O–H groups in total. The van der Waals surface area contributed by atoms with Crippen LogP contribution in [0.5, 0.6) is 0 Å². The number of rotatable bonds is 5. The molecule has 4 nitrogen and oxygen atoms in total. The molecule has 4 heterocycles. The lowest BCUT2D eigenvalue weighted by Crippen LogP contribution is -1.96. The highest BCUT2D eigenvalue weighted by atomic mass is 32.1. The van der Waals surface area contributed by atoms with E-state index in [4.69, 9.17) is 14.4 Å². The zero-order valence-electron chi connectivity index (χ0n) is 30.6. The predicted molar refractivity (Wildman–Crippen MR) is 238 cm³/mol. The third kappa shape index (κ3) is 4.99. The van der Waals surface area contributed by atoms with Crippen LogP contribution in [0.3, 0.4) is 0 Å². The van der Waals surface area contributed by atoms with E-state index in [0.29, 0.717) is 5.82 Å². The van der Waals surface area contributed by atoms with Gasteiger partial charge in [-0.1, -0.05) is 140 Å². The Morgan fingerprint density at radius 1 is 0.456 bits per heavy atom. The van der Waals surface area contributed by atoms with Crippen molar-refractivity contribution in [1.29, 1.82) is 0 Å². The summed E-state index contributed by atoms with van der Waals surface area (Å²) in [5.41, 5.74) is 13.4. The highest BCUT2D eigenvalue weighted by molar-refractivity contribution is 7.26. The smallest absolute Gasteiger partial charge is 0.161 e. The molecule has 12 aromatic rings. The first-order valence-electron chi connectivity index (χ1n) is 19.2. The summed E-state index contributed by atoms with van der Waals surface area (Å²) in [4.78, 5) is 11.0. The van der Waals surface area contributed by atoms with Crippen LogP contribution < -0.4 is 0 Å². The van der Waals surface area contributed by atoms with Crippen molar-refractivity contribution in [2.45, 2.75) is 0 Å². The molecule has 0 bridgehead atoms. The summed E-state index contributed by atoms with van der Waals surface area (Å²) in [7, 11) is 0. The average molecular weight is 746 g/mol. The number of para-hydroxylation sites is 2. The van der Waals surface area contributed by atoms with Crippen molar-refractivity contribution < 1.29 is 4.42 Å². The van der Waals surface area contributed by atoms with Crippen LogP contribution in [0.25, 0.3) is 115 Å². The minimum atomic E-state index is 0.671. The molecule has 57 heavy (non-hydrogen) atoms. The van der Waals surface area contributed by atoms with Crippen molar-refractivity contribution in [3.05, 3.63) is 188 Å². The predicted octanol–water partition coefficient (Wildman–Crippen LogP) is 14.5. The van der Waals surface area contributed by atoms with Crippen LogP contribution in [0, 0.1) is 0 Å². The topological polar surface area (TPSA) is 43.9 Å². The minimum Gasteiger partial charge on any atom is -0.455 e. The molecular formula is C52H31N3OS. The standard InChI is InChI=1S/C52H31N3OS/c1-4-15-32(16-5-1)35-29-41(33-17-6-2-7-18-33)50-42(30-35)47-40(23-14-25-45(47)56-50)52-53-48(51-49(54-52)39-22-11-13-26-46(39)57-51)34-27-28-38-37-21-10-12-24-43(37)55(44(38)31-34)36-19-8-3-9-20-36/h1-31H. The number of fused-ring (bicyclic) bond motifs is 9. The zero-order chi connectivity index (χ0) is 37.5. The summed E-state index contributed by atoms with van der Waals surface area (Å²) in [5.74, 6) is 0.671. The maximum absolute atomic E-state index is 6.82. The van der Waals surface area contributed by atoms with Gasteiger partial charge in [0.25, 0.3) is 0 Å². The maximum atomic E-state index is 6.82. The normalized spacial score (nSPS) is 11.9. The molecule has 0 unspecified atom stereocenters. The Kier molecular flexibility index (Phi) is 7.06. The SMILES string of the molecule is c1ccc(-c2cc(-c3ccccc3)c3oc4cccc(-c5nc(-c6ccc7c8ccccc8n(-c8ccccc8)c7c6)c6sc7ccccc7c6n5)c4c3c2)cc1. The Labute approximate surface area is 331 Å². The van der Waals surface area contributed by atoms with Gasteiger partial charge in [0.1, 0.15) is 11.2 Å². The number of hydrogen-bond donors (Lipinski definition) is 0. The van der Waals surface area contributed by atoms with Crippen LogP contribution in [0.4, 0.5) is 0 Å². The van der Waals surface area contributed by atoms with Crippen LogP contribution in [0.15, 0.2) is 192 Å². The van der Waals surface area contributed by atoms with E-state index in [2.05, 4.69) is 193 Å². The van der Waals surface area contributed by atoms with Crippen LogP contribution in [0.2, 0.25) is 0 Å². The molecule has 12 rings (SSSR count).